The van der Waals surface area contributed by atoms with Crippen molar-refractivity contribution in [3.05, 3.63) is 95.4 Å². The molecule has 0 saturated carbocycles. The summed E-state index contributed by atoms with van der Waals surface area (Å²) in [4.78, 5) is 9.97. The molecule has 47 heavy (non-hydrogen) atoms. The summed E-state index contributed by atoms with van der Waals surface area (Å²) in [7, 11) is 0. The van der Waals surface area contributed by atoms with Crippen LogP contribution in [0.2, 0.25) is 0 Å². The lowest BCUT2D eigenvalue weighted by atomic mass is 10.0. The molecule has 0 aliphatic rings. The molecule has 242 valence electrons. The van der Waals surface area contributed by atoms with Gasteiger partial charge in [-0.05, 0) is 109 Å². The number of aryl methyl sites for hydroxylation is 3. The Morgan fingerprint density at radius 1 is 0.511 bits per heavy atom. The van der Waals surface area contributed by atoms with Crippen LogP contribution in [0.4, 0.5) is 0 Å². The van der Waals surface area contributed by atoms with E-state index in [1.54, 1.807) is 11.1 Å². The van der Waals surface area contributed by atoms with Crippen molar-refractivity contribution >= 4 is 67.2 Å². The standard InChI is InChI=1S/C42H45NS4/c1-4-7-9-11-15-29-25-26-44-41(29)40-28-31(16-12-10-8-5-2)42(47-40)39-24-23-38(46-39)37-22-21-36(45-37)30-19-20-35-33(27-30)32-17-13-14-18-34(32)43(35)6-3/h13-14,17-28H,4-12,15-16H2,1-3H3. The molecule has 2 aromatic carbocycles. The van der Waals surface area contributed by atoms with Crippen LogP contribution in [-0.4, -0.2) is 4.57 Å². The maximum Gasteiger partial charge on any atom is 0.0491 e. The third-order valence-corrected chi connectivity index (χ3v) is 14.3. The second kappa shape index (κ2) is 15.1. The average Bonchev–Trinajstić information content (AvgIpc) is 3.94. The summed E-state index contributed by atoms with van der Waals surface area (Å²) in [6, 6.07) is 30.2. The van der Waals surface area contributed by atoms with Crippen LogP contribution in [0.1, 0.15) is 83.3 Å². The Morgan fingerprint density at radius 3 is 1.96 bits per heavy atom. The van der Waals surface area contributed by atoms with Gasteiger partial charge in [0, 0.05) is 62.5 Å². The van der Waals surface area contributed by atoms with Gasteiger partial charge in [0.2, 0.25) is 0 Å². The molecule has 0 bridgehead atoms. The highest BCUT2D eigenvalue weighted by Gasteiger charge is 2.18. The lowest BCUT2D eigenvalue weighted by Crippen LogP contribution is -1.92. The highest BCUT2D eigenvalue weighted by molar-refractivity contribution is 7.29. The van der Waals surface area contributed by atoms with Crippen molar-refractivity contribution < 1.29 is 0 Å². The van der Waals surface area contributed by atoms with Crippen molar-refractivity contribution in [1.29, 1.82) is 0 Å². The fourth-order valence-corrected chi connectivity index (χ4v) is 11.5. The molecule has 7 aromatic rings. The van der Waals surface area contributed by atoms with E-state index in [1.807, 2.05) is 45.3 Å². The number of nitrogens with zero attached hydrogens (tertiary/aromatic N) is 1. The monoisotopic (exact) mass is 691 g/mol. The predicted octanol–water partition coefficient (Wildman–Crippen LogP) is 15.0. The molecule has 7 rings (SSSR count). The third kappa shape index (κ3) is 6.83. The normalized spacial score (nSPS) is 11.8. The zero-order valence-electron chi connectivity index (χ0n) is 27.9. The summed E-state index contributed by atoms with van der Waals surface area (Å²) < 4.78 is 2.43. The highest BCUT2D eigenvalue weighted by Crippen LogP contribution is 2.47. The third-order valence-electron chi connectivity index (χ3n) is 9.43. The van der Waals surface area contributed by atoms with E-state index in [2.05, 4.69) is 110 Å². The van der Waals surface area contributed by atoms with Gasteiger partial charge in [-0.2, -0.15) is 0 Å². The average molecular weight is 692 g/mol. The van der Waals surface area contributed by atoms with Crippen molar-refractivity contribution in [3.63, 3.8) is 0 Å². The maximum absolute atomic E-state index is 2.54. The smallest absolute Gasteiger partial charge is 0.0491 e. The molecule has 5 aromatic heterocycles. The highest BCUT2D eigenvalue weighted by atomic mass is 32.1. The molecule has 0 spiro atoms. The van der Waals surface area contributed by atoms with Gasteiger partial charge in [-0.15, -0.1) is 45.3 Å². The molecule has 0 radical (unpaired) electrons. The number of hydrogen-bond donors (Lipinski definition) is 0. The fourth-order valence-electron chi connectivity index (χ4n) is 6.93. The topological polar surface area (TPSA) is 4.93 Å². The number of fused-ring (bicyclic) bond motifs is 3. The SMILES string of the molecule is CCCCCCc1ccsc1-c1cc(CCCCCC)c(-c2ccc(-c3ccc(-c4ccc5c(c4)c4ccccc4n5CC)s3)s2)s1. The molecule has 0 N–H and O–H groups in total. The van der Waals surface area contributed by atoms with Crippen LogP contribution in [0, 0.1) is 0 Å². The summed E-state index contributed by atoms with van der Waals surface area (Å²) in [5, 5.41) is 5.00. The predicted molar refractivity (Wildman–Crippen MR) is 214 cm³/mol. The minimum absolute atomic E-state index is 0.979. The van der Waals surface area contributed by atoms with E-state index >= 15 is 0 Å². The summed E-state index contributed by atoms with van der Waals surface area (Å²) in [6.07, 6.45) is 12.9. The van der Waals surface area contributed by atoms with Crippen LogP contribution < -0.4 is 0 Å². The Balaban J connectivity index is 1.17. The Morgan fingerprint density at radius 2 is 1.19 bits per heavy atom. The molecule has 0 aliphatic carbocycles. The summed E-state index contributed by atoms with van der Waals surface area (Å²) in [6.45, 7) is 7.82. The Bertz CT molecular complexity index is 2080. The lowest BCUT2D eigenvalue weighted by Gasteiger charge is -2.03. The molecule has 0 atom stereocenters. The first-order valence-electron chi connectivity index (χ1n) is 17.6. The Kier molecular flexibility index (Phi) is 10.4. The Hall–Kier alpha value is -2.96. The van der Waals surface area contributed by atoms with E-state index in [0.29, 0.717) is 0 Å². The van der Waals surface area contributed by atoms with Crippen LogP contribution in [0.15, 0.2) is 84.2 Å². The zero-order chi connectivity index (χ0) is 32.2. The van der Waals surface area contributed by atoms with Crippen LogP contribution in [0.3, 0.4) is 0 Å². The van der Waals surface area contributed by atoms with Crippen molar-refractivity contribution in [1.82, 2.24) is 4.57 Å². The molecular weight excluding hydrogens is 647 g/mol. The van der Waals surface area contributed by atoms with Gasteiger partial charge in [0.25, 0.3) is 0 Å². The van der Waals surface area contributed by atoms with E-state index in [4.69, 9.17) is 0 Å². The Labute approximate surface area is 296 Å². The number of rotatable bonds is 15. The minimum Gasteiger partial charge on any atom is -0.341 e. The zero-order valence-corrected chi connectivity index (χ0v) is 31.2. The summed E-state index contributed by atoms with van der Waals surface area (Å²) >= 11 is 7.86. The number of thiophene rings is 4. The van der Waals surface area contributed by atoms with Gasteiger partial charge >= 0.3 is 0 Å². The number of aromatic nitrogens is 1. The van der Waals surface area contributed by atoms with E-state index < -0.39 is 0 Å². The molecule has 0 fully saturated rings. The molecule has 0 saturated heterocycles. The van der Waals surface area contributed by atoms with Crippen molar-refractivity contribution in [3.8, 4) is 39.7 Å². The van der Waals surface area contributed by atoms with Crippen molar-refractivity contribution in [2.24, 2.45) is 0 Å². The first kappa shape index (κ1) is 32.6. The van der Waals surface area contributed by atoms with E-state index in [9.17, 15) is 0 Å². The van der Waals surface area contributed by atoms with Gasteiger partial charge in [-0.1, -0.05) is 76.6 Å². The maximum atomic E-state index is 2.54. The lowest BCUT2D eigenvalue weighted by molar-refractivity contribution is 0.667. The molecule has 0 amide bonds. The molecule has 0 unspecified atom stereocenters. The van der Waals surface area contributed by atoms with Crippen LogP contribution in [0.5, 0.6) is 0 Å². The van der Waals surface area contributed by atoms with Crippen LogP contribution in [0.25, 0.3) is 61.5 Å². The van der Waals surface area contributed by atoms with Crippen molar-refractivity contribution in [2.75, 3.05) is 0 Å². The van der Waals surface area contributed by atoms with E-state index in [-0.39, 0.29) is 0 Å². The first-order chi connectivity index (χ1) is 23.2. The second-order valence-electron chi connectivity index (χ2n) is 12.7. The van der Waals surface area contributed by atoms with Gasteiger partial charge < -0.3 is 4.57 Å². The number of hydrogen-bond acceptors (Lipinski definition) is 4. The van der Waals surface area contributed by atoms with Gasteiger partial charge in [0.15, 0.2) is 0 Å². The molecule has 0 aliphatic heterocycles. The summed E-state index contributed by atoms with van der Waals surface area (Å²) in [5.74, 6) is 0. The van der Waals surface area contributed by atoms with Gasteiger partial charge in [0.1, 0.15) is 0 Å². The van der Waals surface area contributed by atoms with E-state index in [1.165, 1.54) is 126 Å². The molecular formula is C42H45NS4. The fraction of sp³-hybridized carbons (Fsp3) is 0.333. The number of unbranched alkanes of at least 4 members (excludes halogenated alkanes) is 6. The molecule has 5 heteroatoms. The second-order valence-corrected chi connectivity index (χ2v) is 16.8. The van der Waals surface area contributed by atoms with Gasteiger partial charge in [0.05, 0.1) is 0 Å². The van der Waals surface area contributed by atoms with Crippen LogP contribution in [-0.2, 0) is 19.4 Å². The molecule has 1 nitrogen and oxygen atoms in total. The number of benzene rings is 2. The quantitative estimate of drug-likeness (QED) is 0.0943. The number of para-hydroxylation sites is 1. The van der Waals surface area contributed by atoms with Crippen molar-refractivity contribution in [2.45, 2.75) is 91.5 Å². The van der Waals surface area contributed by atoms with Crippen LogP contribution >= 0.6 is 45.3 Å². The minimum atomic E-state index is 0.979. The first-order valence-corrected chi connectivity index (χ1v) is 20.9. The largest absolute Gasteiger partial charge is 0.341 e. The van der Waals surface area contributed by atoms with Gasteiger partial charge in [-0.25, -0.2) is 0 Å². The van der Waals surface area contributed by atoms with Gasteiger partial charge in [-0.3, -0.25) is 0 Å². The summed E-state index contributed by atoms with van der Waals surface area (Å²) in [5.41, 5.74) is 7.05. The van der Waals surface area contributed by atoms with E-state index in [0.717, 1.165) is 6.54 Å². The molecule has 5 heterocycles.